The molecule has 3 heterocycles. The fourth-order valence-corrected chi connectivity index (χ4v) is 4.68. The molecule has 0 radical (unpaired) electrons. The van der Waals surface area contributed by atoms with Gasteiger partial charge in [-0.3, -0.25) is 4.79 Å². The van der Waals surface area contributed by atoms with Crippen LogP contribution in [-0.4, -0.2) is 72.2 Å². The number of para-hydroxylation sites is 1. The van der Waals surface area contributed by atoms with Crippen molar-refractivity contribution in [3.8, 4) is 17.0 Å². The predicted molar refractivity (Wildman–Crippen MR) is 148 cm³/mol. The highest BCUT2D eigenvalue weighted by Gasteiger charge is 2.21. The number of anilines is 4. The Labute approximate surface area is 216 Å². The van der Waals surface area contributed by atoms with Gasteiger partial charge in [-0.05, 0) is 25.2 Å². The van der Waals surface area contributed by atoms with Crippen LogP contribution in [0.5, 0.6) is 5.75 Å². The lowest BCUT2D eigenvalue weighted by Crippen LogP contribution is -2.44. The molecule has 10 nitrogen and oxygen atoms in total. The Hall–Kier alpha value is -4.15. The zero-order valence-electron chi connectivity index (χ0n) is 21.4. The van der Waals surface area contributed by atoms with Crippen LogP contribution >= 0.6 is 0 Å². The van der Waals surface area contributed by atoms with Crippen LogP contribution < -0.4 is 26.0 Å². The zero-order chi connectivity index (χ0) is 25.9. The summed E-state index contributed by atoms with van der Waals surface area (Å²) in [6, 6.07) is 13.9. The molecule has 1 amide bonds. The van der Waals surface area contributed by atoms with Gasteiger partial charge in [0.15, 0.2) is 0 Å². The van der Waals surface area contributed by atoms with Gasteiger partial charge in [-0.1, -0.05) is 18.2 Å². The van der Waals surface area contributed by atoms with Crippen molar-refractivity contribution in [3.63, 3.8) is 0 Å². The first kappa shape index (κ1) is 24.5. The smallest absolute Gasteiger partial charge is 0.238 e. The molecule has 0 aliphatic carbocycles. The maximum atomic E-state index is 12.3. The number of benzene rings is 2. The predicted octanol–water partition coefficient (Wildman–Crippen LogP) is 3.04. The first-order valence-corrected chi connectivity index (χ1v) is 12.3. The second-order valence-electron chi connectivity index (χ2n) is 9.17. The Bertz CT molecular complexity index is 1430. The summed E-state index contributed by atoms with van der Waals surface area (Å²) in [6.45, 7) is 3.44. The number of methoxy groups -OCH3 is 1. The van der Waals surface area contributed by atoms with Crippen LogP contribution in [0.15, 0.2) is 54.9 Å². The lowest BCUT2D eigenvalue weighted by atomic mass is 10.1. The molecule has 0 atom stereocenters. The second-order valence-corrected chi connectivity index (χ2v) is 9.17. The van der Waals surface area contributed by atoms with Crippen LogP contribution in [0.1, 0.15) is 0 Å². The van der Waals surface area contributed by atoms with E-state index < -0.39 is 0 Å². The molecule has 1 aliphatic heterocycles. The third-order valence-corrected chi connectivity index (χ3v) is 6.70. The fourth-order valence-electron chi connectivity index (χ4n) is 4.68. The SMILES string of the molecule is COc1cc(N2CCN(C)CC2)c(NC(=O)CN)cc1Nc1nccc(-c2cn(C)c3ccccc23)n1. The van der Waals surface area contributed by atoms with Crippen molar-refractivity contribution in [2.24, 2.45) is 12.8 Å². The Balaban J connectivity index is 1.50. The molecule has 10 heteroatoms. The maximum Gasteiger partial charge on any atom is 0.238 e. The van der Waals surface area contributed by atoms with Crippen LogP contribution in [0.3, 0.4) is 0 Å². The molecule has 0 bridgehead atoms. The Morgan fingerprint density at radius 2 is 1.86 bits per heavy atom. The van der Waals surface area contributed by atoms with Gasteiger partial charge in [0, 0.05) is 68.2 Å². The summed E-state index contributed by atoms with van der Waals surface area (Å²) >= 11 is 0. The van der Waals surface area contributed by atoms with Gasteiger partial charge in [0.05, 0.1) is 36.4 Å². The van der Waals surface area contributed by atoms with Crippen LogP contribution in [0.4, 0.5) is 23.0 Å². The Morgan fingerprint density at radius 3 is 2.62 bits per heavy atom. The van der Waals surface area contributed by atoms with Gasteiger partial charge < -0.3 is 35.5 Å². The van der Waals surface area contributed by atoms with Crippen LogP contribution in [-0.2, 0) is 11.8 Å². The average Bonchev–Trinajstić information content (AvgIpc) is 3.26. The fraction of sp³-hybridized carbons (Fsp3) is 0.296. The monoisotopic (exact) mass is 500 g/mol. The van der Waals surface area contributed by atoms with E-state index in [9.17, 15) is 4.79 Å². The minimum Gasteiger partial charge on any atom is -0.494 e. The van der Waals surface area contributed by atoms with E-state index in [1.165, 1.54) is 0 Å². The number of nitrogens with zero attached hydrogens (tertiary/aromatic N) is 5. The van der Waals surface area contributed by atoms with Crippen molar-refractivity contribution in [1.82, 2.24) is 19.4 Å². The summed E-state index contributed by atoms with van der Waals surface area (Å²) in [5.41, 5.74) is 10.8. The highest BCUT2D eigenvalue weighted by atomic mass is 16.5. The first-order valence-electron chi connectivity index (χ1n) is 12.3. The van der Waals surface area contributed by atoms with Crippen molar-refractivity contribution in [2.75, 3.05) is 62.4 Å². The number of fused-ring (bicyclic) bond motifs is 1. The average molecular weight is 501 g/mol. The molecule has 192 valence electrons. The molecule has 0 saturated carbocycles. The quantitative estimate of drug-likeness (QED) is 0.355. The Kier molecular flexibility index (Phi) is 6.93. The molecule has 0 spiro atoms. The third-order valence-electron chi connectivity index (χ3n) is 6.70. The normalized spacial score (nSPS) is 14.1. The number of carbonyl (C=O) groups is 1. The number of piperazine rings is 1. The topological polar surface area (TPSA) is 114 Å². The molecule has 1 aliphatic rings. The van der Waals surface area contributed by atoms with Crippen molar-refractivity contribution in [1.29, 1.82) is 0 Å². The van der Waals surface area contributed by atoms with Crippen molar-refractivity contribution in [3.05, 3.63) is 54.9 Å². The summed E-state index contributed by atoms with van der Waals surface area (Å²) in [5.74, 6) is 0.784. The number of aromatic nitrogens is 3. The van der Waals surface area contributed by atoms with Crippen molar-refractivity contribution in [2.45, 2.75) is 0 Å². The number of hydrogen-bond donors (Lipinski definition) is 3. The number of carbonyl (C=O) groups excluding carboxylic acids is 1. The number of ether oxygens (including phenoxy) is 1. The highest BCUT2D eigenvalue weighted by molar-refractivity contribution is 5.97. The lowest BCUT2D eigenvalue weighted by Gasteiger charge is -2.35. The minimum absolute atomic E-state index is 0.104. The third kappa shape index (κ3) is 5.07. The molecule has 37 heavy (non-hydrogen) atoms. The summed E-state index contributed by atoms with van der Waals surface area (Å²) in [6.07, 6.45) is 3.80. The van der Waals surface area contributed by atoms with E-state index in [0.717, 1.165) is 54.0 Å². The molecule has 1 saturated heterocycles. The van der Waals surface area contributed by atoms with Gasteiger partial charge in [-0.2, -0.15) is 0 Å². The lowest BCUT2D eigenvalue weighted by molar-refractivity contribution is -0.114. The molecule has 4 aromatic rings. The van der Waals surface area contributed by atoms with Gasteiger partial charge in [0.1, 0.15) is 5.75 Å². The van der Waals surface area contributed by atoms with E-state index in [1.807, 2.05) is 37.4 Å². The molecule has 1 fully saturated rings. The minimum atomic E-state index is -0.263. The largest absolute Gasteiger partial charge is 0.494 e. The maximum absolute atomic E-state index is 12.3. The van der Waals surface area contributed by atoms with Gasteiger partial charge in [0.2, 0.25) is 11.9 Å². The van der Waals surface area contributed by atoms with Crippen molar-refractivity contribution >= 4 is 39.8 Å². The summed E-state index contributed by atoms with van der Waals surface area (Å²) in [4.78, 5) is 26.0. The van der Waals surface area contributed by atoms with Gasteiger partial charge in [0.25, 0.3) is 0 Å². The summed E-state index contributed by atoms with van der Waals surface area (Å²) in [5, 5.41) is 7.36. The Morgan fingerprint density at radius 1 is 1.08 bits per heavy atom. The molecule has 2 aromatic heterocycles. The van der Waals surface area contributed by atoms with Gasteiger partial charge in [-0.15, -0.1) is 0 Å². The van der Waals surface area contributed by atoms with E-state index in [4.69, 9.17) is 15.5 Å². The zero-order valence-corrected chi connectivity index (χ0v) is 21.4. The molecule has 5 rings (SSSR count). The van der Waals surface area contributed by atoms with Crippen LogP contribution in [0.25, 0.3) is 22.2 Å². The van der Waals surface area contributed by atoms with E-state index >= 15 is 0 Å². The van der Waals surface area contributed by atoms with Crippen molar-refractivity contribution < 1.29 is 9.53 Å². The number of rotatable bonds is 7. The van der Waals surface area contributed by atoms with Gasteiger partial charge in [-0.25, -0.2) is 9.97 Å². The number of aryl methyl sites for hydroxylation is 1. The van der Waals surface area contributed by atoms with E-state index in [0.29, 0.717) is 23.1 Å². The van der Waals surface area contributed by atoms with E-state index in [1.54, 1.807) is 13.3 Å². The van der Waals surface area contributed by atoms with Crippen LogP contribution in [0, 0.1) is 0 Å². The molecule has 0 unspecified atom stereocenters. The van der Waals surface area contributed by atoms with Gasteiger partial charge >= 0.3 is 0 Å². The number of amides is 1. The number of nitrogens with one attached hydrogen (secondary N) is 2. The summed E-state index contributed by atoms with van der Waals surface area (Å²) in [7, 11) is 5.75. The molecule has 2 aromatic carbocycles. The molecule has 4 N–H and O–H groups in total. The van der Waals surface area contributed by atoms with E-state index in [2.05, 4.69) is 55.4 Å². The van der Waals surface area contributed by atoms with E-state index in [-0.39, 0.29) is 12.5 Å². The van der Waals surface area contributed by atoms with Crippen LogP contribution in [0.2, 0.25) is 0 Å². The standard InChI is InChI=1S/C27H32N8O2/c1-33-10-12-35(13-11-33)24-15-25(37-3)22(14-21(24)30-26(36)16-28)32-27-29-9-8-20(31-27)19-17-34(2)23-7-5-4-6-18(19)23/h4-9,14-15,17H,10-13,16,28H2,1-3H3,(H,30,36)(H,29,31,32). The molecular formula is C27H32N8O2. The highest BCUT2D eigenvalue weighted by Crippen LogP contribution is 2.39. The number of likely N-dealkylation sites (N-methyl/N-ethyl adjacent to an activating group) is 1. The molecular weight excluding hydrogens is 468 g/mol. The number of nitrogens with two attached hydrogens (primary N) is 1. The summed E-state index contributed by atoms with van der Waals surface area (Å²) < 4.78 is 7.83. The number of hydrogen-bond acceptors (Lipinski definition) is 8. The first-order chi connectivity index (χ1) is 18.0. The second kappa shape index (κ2) is 10.5.